The van der Waals surface area contributed by atoms with Gasteiger partial charge < -0.3 is 0 Å². The molecule has 84 valence electrons. The highest BCUT2D eigenvalue weighted by Gasteiger charge is 2.29. The van der Waals surface area contributed by atoms with E-state index < -0.39 is 5.67 Å². The second kappa shape index (κ2) is 5.89. The van der Waals surface area contributed by atoms with Gasteiger partial charge in [-0.25, -0.2) is 4.39 Å². The fourth-order valence-electron chi connectivity index (χ4n) is 2.00. The Hall–Kier alpha value is -0.850. The summed E-state index contributed by atoms with van der Waals surface area (Å²) in [5, 5.41) is 0. The molecule has 0 saturated carbocycles. The Labute approximate surface area is 92.5 Å². The molecule has 15 heavy (non-hydrogen) atoms. The van der Waals surface area contributed by atoms with Gasteiger partial charge in [0.1, 0.15) is 5.67 Å². The van der Waals surface area contributed by atoms with Gasteiger partial charge in [0.2, 0.25) is 0 Å². The van der Waals surface area contributed by atoms with Crippen LogP contribution in [0.3, 0.4) is 0 Å². The summed E-state index contributed by atoms with van der Waals surface area (Å²) >= 11 is 0. The molecular formula is C14H21F. The maximum atomic E-state index is 14.7. The van der Waals surface area contributed by atoms with E-state index in [1.54, 1.807) is 0 Å². The summed E-state index contributed by atoms with van der Waals surface area (Å²) in [5.74, 6) is 0. The number of alkyl halides is 1. The van der Waals surface area contributed by atoms with Gasteiger partial charge in [0.25, 0.3) is 0 Å². The Kier molecular flexibility index (Phi) is 4.80. The smallest absolute Gasteiger partial charge is 0.136 e. The topological polar surface area (TPSA) is 0 Å². The maximum absolute atomic E-state index is 14.7. The molecule has 0 aliphatic carbocycles. The van der Waals surface area contributed by atoms with Crippen molar-refractivity contribution in [2.45, 2.75) is 51.6 Å². The molecule has 0 radical (unpaired) electrons. The SMILES string of the molecule is CCCCC(F)(CCC)c1ccccc1. The second-order valence-electron chi connectivity index (χ2n) is 4.18. The third-order valence-electron chi connectivity index (χ3n) is 2.86. The van der Waals surface area contributed by atoms with E-state index in [9.17, 15) is 4.39 Å². The second-order valence-corrected chi connectivity index (χ2v) is 4.18. The first-order valence-electron chi connectivity index (χ1n) is 5.97. The minimum atomic E-state index is -1.11. The molecule has 0 bridgehead atoms. The molecule has 0 fully saturated rings. The summed E-state index contributed by atoms with van der Waals surface area (Å²) in [7, 11) is 0. The van der Waals surface area contributed by atoms with E-state index in [2.05, 4.69) is 6.92 Å². The molecule has 1 aromatic carbocycles. The summed E-state index contributed by atoms with van der Waals surface area (Å²) in [5.41, 5.74) is -0.258. The maximum Gasteiger partial charge on any atom is 0.136 e. The van der Waals surface area contributed by atoms with E-state index in [0.717, 1.165) is 24.8 Å². The normalized spacial score (nSPS) is 14.9. The van der Waals surface area contributed by atoms with E-state index in [0.29, 0.717) is 12.8 Å². The van der Waals surface area contributed by atoms with Crippen molar-refractivity contribution >= 4 is 0 Å². The number of hydrogen-bond donors (Lipinski definition) is 0. The first-order chi connectivity index (χ1) is 7.23. The molecule has 0 saturated heterocycles. The van der Waals surface area contributed by atoms with Crippen LogP contribution >= 0.6 is 0 Å². The van der Waals surface area contributed by atoms with Crippen LogP contribution in [0.1, 0.15) is 51.5 Å². The van der Waals surface area contributed by atoms with Gasteiger partial charge >= 0.3 is 0 Å². The first kappa shape index (κ1) is 12.2. The zero-order valence-electron chi connectivity index (χ0n) is 9.80. The highest BCUT2D eigenvalue weighted by atomic mass is 19.1. The zero-order valence-corrected chi connectivity index (χ0v) is 9.80. The molecule has 1 heteroatoms. The van der Waals surface area contributed by atoms with Crippen molar-refractivity contribution in [2.24, 2.45) is 0 Å². The molecule has 1 aromatic rings. The Morgan fingerprint density at radius 2 is 1.67 bits per heavy atom. The van der Waals surface area contributed by atoms with Crippen molar-refractivity contribution in [1.82, 2.24) is 0 Å². The van der Waals surface area contributed by atoms with Crippen LogP contribution in [0, 0.1) is 0 Å². The molecule has 0 spiro atoms. The minimum absolute atomic E-state index is 0.636. The number of unbranched alkanes of at least 4 members (excludes halogenated alkanes) is 1. The van der Waals surface area contributed by atoms with Crippen LogP contribution in [0.25, 0.3) is 0 Å². The molecule has 0 aromatic heterocycles. The van der Waals surface area contributed by atoms with Gasteiger partial charge in [-0.15, -0.1) is 0 Å². The summed E-state index contributed by atoms with van der Waals surface area (Å²) in [6, 6.07) is 9.60. The van der Waals surface area contributed by atoms with Crippen molar-refractivity contribution < 1.29 is 4.39 Å². The van der Waals surface area contributed by atoms with Crippen molar-refractivity contribution in [1.29, 1.82) is 0 Å². The van der Waals surface area contributed by atoms with Gasteiger partial charge in [-0.3, -0.25) is 0 Å². The fraction of sp³-hybridized carbons (Fsp3) is 0.571. The van der Waals surface area contributed by atoms with Crippen LogP contribution < -0.4 is 0 Å². The van der Waals surface area contributed by atoms with E-state index in [4.69, 9.17) is 0 Å². The first-order valence-corrected chi connectivity index (χ1v) is 5.97. The molecule has 1 unspecified atom stereocenters. The van der Waals surface area contributed by atoms with Crippen molar-refractivity contribution in [3.63, 3.8) is 0 Å². The van der Waals surface area contributed by atoms with Crippen LogP contribution in [-0.2, 0) is 5.67 Å². The average molecular weight is 208 g/mol. The largest absolute Gasteiger partial charge is 0.239 e. The fourth-order valence-corrected chi connectivity index (χ4v) is 2.00. The molecule has 0 N–H and O–H groups in total. The van der Waals surface area contributed by atoms with E-state index >= 15 is 0 Å². The lowest BCUT2D eigenvalue weighted by Crippen LogP contribution is -2.19. The lowest BCUT2D eigenvalue weighted by Gasteiger charge is -2.25. The highest BCUT2D eigenvalue weighted by Crippen LogP contribution is 2.36. The lowest BCUT2D eigenvalue weighted by molar-refractivity contribution is 0.131. The third kappa shape index (κ3) is 3.33. The summed E-state index contributed by atoms with van der Waals surface area (Å²) in [6.07, 6.45) is 4.21. The van der Waals surface area contributed by atoms with E-state index in [1.165, 1.54) is 0 Å². The number of hydrogen-bond acceptors (Lipinski definition) is 0. The summed E-state index contributed by atoms with van der Waals surface area (Å²) in [4.78, 5) is 0. The Morgan fingerprint density at radius 3 is 2.20 bits per heavy atom. The quantitative estimate of drug-likeness (QED) is 0.627. The van der Waals surface area contributed by atoms with Crippen LogP contribution in [0.15, 0.2) is 30.3 Å². The van der Waals surface area contributed by atoms with Crippen LogP contribution in [0.2, 0.25) is 0 Å². The predicted octanol–water partition coefficient (Wildman–Crippen LogP) is 4.84. The van der Waals surface area contributed by atoms with Crippen LogP contribution in [-0.4, -0.2) is 0 Å². The van der Waals surface area contributed by atoms with Crippen LogP contribution in [0.4, 0.5) is 4.39 Å². The molecular weight excluding hydrogens is 187 g/mol. The van der Waals surface area contributed by atoms with Gasteiger partial charge in [0.05, 0.1) is 0 Å². The van der Waals surface area contributed by atoms with Crippen molar-refractivity contribution in [3.8, 4) is 0 Å². The van der Waals surface area contributed by atoms with E-state index in [-0.39, 0.29) is 0 Å². The Bertz CT molecular complexity index is 268. The standard InChI is InChI=1S/C14H21F/c1-3-5-12-14(15,11-4-2)13-9-7-6-8-10-13/h6-10H,3-5,11-12H2,1-2H3. The van der Waals surface area contributed by atoms with E-state index in [1.807, 2.05) is 37.3 Å². The predicted molar refractivity (Wildman–Crippen MR) is 63.7 cm³/mol. The summed E-state index contributed by atoms with van der Waals surface area (Å²) < 4.78 is 14.7. The number of rotatable bonds is 6. The van der Waals surface area contributed by atoms with Crippen molar-refractivity contribution in [3.05, 3.63) is 35.9 Å². The number of benzene rings is 1. The van der Waals surface area contributed by atoms with Gasteiger partial charge in [-0.05, 0) is 18.4 Å². The number of halogens is 1. The van der Waals surface area contributed by atoms with Gasteiger partial charge in [0, 0.05) is 0 Å². The Balaban J connectivity index is 2.80. The van der Waals surface area contributed by atoms with Crippen molar-refractivity contribution in [2.75, 3.05) is 0 Å². The summed E-state index contributed by atoms with van der Waals surface area (Å²) in [6.45, 7) is 4.15. The van der Waals surface area contributed by atoms with Gasteiger partial charge in [-0.2, -0.15) is 0 Å². The Morgan fingerprint density at radius 1 is 1.00 bits per heavy atom. The average Bonchev–Trinajstić information content (AvgIpc) is 2.28. The van der Waals surface area contributed by atoms with Gasteiger partial charge in [0.15, 0.2) is 0 Å². The molecule has 0 aliphatic heterocycles. The molecule has 0 nitrogen and oxygen atoms in total. The van der Waals surface area contributed by atoms with Crippen LogP contribution in [0.5, 0.6) is 0 Å². The third-order valence-corrected chi connectivity index (χ3v) is 2.86. The lowest BCUT2D eigenvalue weighted by atomic mass is 9.86. The monoisotopic (exact) mass is 208 g/mol. The molecule has 0 amide bonds. The molecule has 1 atom stereocenters. The highest BCUT2D eigenvalue weighted by molar-refractivity contribution is 5.22. The molecule has 1 rings (SSSR count). The molecule has 0 heterocycles. The minimum Gasteiger partial charge on any atom is -0.239 e. The van der Waals surface area contributed by atoms with Gasteiger partial charge in [-0.1, -0.05) is 63.4 Å². The molecule has 0 aliphatic rings. The zero-order chi connectivity index (χ0) is 11.1.